The van der Waals surface area contributed by atoms with E-state index >= 15 is 0 Å². The van der Waals surface area contributed by atoms with Crippen LogP contribution in [0.1, 0.15) is 53.7 Å². The Morgan fingerprint density at radius 3 is 2.81 bits per heavy atom. The van der Waals surface area contributed by atoms with Crippen LogP contribution in [-0.2, 0) is 6.61 Å². The predicted molar refractivity (Wildman–Crippen MR) is 103 cm³/mol. The molecule has 0 bridgehead atoms. The van der Waals surface area contributed by atoms with Gasteiger partial charge in [0.05, 0.1) is 17.8 Å². The van der Waals surface area contributed by atoms with E-state index in [0.29, 0.717) is 29.6 Å². The predicted octanol–water partition coefficient (Wildman–Crippen LogP) is 4.35. The Morgan fingerprint density at radius 2 is 2.12 bits per heavy atom. The normalized spacial score (nSPS) is 19.8. The molecule has 1 aliphatic rings. The maximum atomic E-state index is 12.6. The summed E-state index contributed by atoms with van der Waals surface area (Å²) in [6, 6.07) is 5.57. The quantitative estimate of drug-likeness (QED) is 0.817. The van der Waals surface area contributed by atoms with Gasteiger partial charge in [0.15, 0.2) is 11.5 Å². The fraction of sp³-hybridized carbons (Fsp3) is 0.500. The van der Waals surface area contributed by atoms with Crippen LogP contribution < -0.4 is 14.8 Å². The van der Waals surface area contributed by atoms with E-state index in [4.69, 9.17) is 9.47 Å². The lowest BCUT2D eigenvalue weighted by atomic mass is 9.86. The number of carbonyl (C=O) groups is 1. The molecule has 1 saturated carbocycles. The van der Waals surface area contributed by atoms with Gasteiger partial charge in [0, 0.05) is 17.0 Å². The van der Waals surface area contributed by atoms with Gasteiger partial charge in [-0.15, -0.1) is 11.3 Å². The van der Waals surface area contributed by atoms with Crippen LogP contribution >= 0.6 is 11.3 Å². The first-order chi connectivity index (χ1) is 12.6. The summed E-state index contributed by atoms with van der Waals surface area (Å²) in [7, 11) is 1.58. The lowest BCUT2D eigenvalue weighted by Crippen LogP contribution is -2.41. The number of amides is 1. The third-order valence-corrected chi connectivity index (χ3v) is 5.72. The fourth-order valence-corrected chi connectivity index (χ4v) is 3.93. The first kappa shape index (κ1) is 18.7. The van der Waals surface area contributed by atoms with Gasteiger partial charge in [0.1, 0.15) is 6.61 Å². The maximum Gasteiger partial charge on any atom is 0.251 e. The van der Waals surface area contributed by atoms with Crippen LogP contribution in [-0.4, -0.2) is 24.0 Å². The molecule has 1 aromatic carbocycles. The van der Waals surface area contributed by atoms with Crippen LogP contribution in [0.2, 0.25) is 0 Å². The van der Waals surface area contributed by atoms with E-state index in [0.717, 1.165) is 17.1 Å². The van der Waals surface area contributed by atoms with Crippen molar-refractivity contribution in [2.24, 2.45) is 5.92 Å². The highest BCUT2D eigenvalue weighted by Crippen LogP contribution is 2.30. The number of hydrogen-bond acceptors (Lipinski definition) is 5. The topological polar surface area (TPSA) is 60.5 Å². The number of carbonyl (C=O) groups excluding carboxylic acids is 1. The molecular weight excluding hydrogens is 348 g/mol. The Hall–Kier alpha value is -2.08. The van der Waals surface area contributed by atoms with E-state index < -0.39 is 0 Å². The molecule has 1 fully saturated rings. The number of hydrogen-bond donors (Lipinski definition) is 1. The van der Waals surface area contributed by atoms with Gasteiger partial charge in [-0.25, -0.2) is 4.98 Å². The molecule has 1 aliphatic carbocycles. The summed E-state index contributed by atoms with van der Waals surface area (Å²) in [6.07, 6.45) is 4.67. The van der Waals surface area contributed by atoms with E-state index in [1.165, 1.54) is 19.3 Å². The number of thiazole rings is 1. The molecule has 0 spiro atoms. The minimum atomic E-state index is -0.0521. The third-order valence-electron chi connectivity index (χ3n) is 4.90. The zero-order valence-electron chi connectivity index (χ0n) is 15.6. The summed E-state index contributed by atoms with van der Waals surface area (Å²) in [5, 5.41) is 6.17. The minimum absolute atomic E-state index is 0.0521. The number of methoxy groups -OCH3 is 1. The minimum Gasteiger partial charge on any atom is -0.493 e. The number of nitrogens with zero attached hydrogens (tertiary/aromatic N) is 1. The van der Waals surface area contributed by atoms with Gasteiger partial charge >= 0.3 is 0 Å². The Kier molecular flexibility index (Phi) is 6.14. The molecule has 0 unspecified atom stereocenters. The van der Waals surface area contributed by atoms with Crippen LogP contribution in [0.15, 0.2) is 23.6 Å². The number of benzene rings is 1. The lowest BCUT2D eigenvalue weighted by molar-refractivity contribution is 0.0910. The molecule has 0 saturated heterocycles. The molecule has 5 nitrogen and oxygen atoms in total. The average Bonchev–Trinajstić information content (AvgIpc) is 3.07. The molecule has 1 amide bonds. The summed E-state index contributed by atoms with van der Waals surface area (Å²) >= 11 is 1.60. The SMILES string of the molecule is COc1cc(C(=O)N[C@H]2CCCC[C@H]2C)ccc1OCc1csc(C)n1. The number of nitrogens with one attached hydrogen (secondary N) is 1. The van der Waals surface area contributed by atoms with Crippen molar-refractivity contribution in [2.45, 2.75) is 52.2 Å². The summed E-state index contributed by atoms with van der Waals surface area (Å²) in [5.74, 6) is 1.64. The monoisotopic (exact) mass is 374 g/mol. The molecule has 6 heteroatoms. The fourth-order valence-electron chi connectivity index (χ4n) is 3.34. The van der Waals surface area contributed by atoms with Crippen molar-refractivity contribution in [1.82, 2.24) is 10.3 Å². The van der Waals surface area contributed by atoms with Crippen molar-refractivity contribution in [2.75, 3.05) is 7.11 Å². The van der Waals surface area contributed by atoms with Gasteiger partial charge in [-0.2, -0.15) is 0 Å². The number of aryl methyl sites for hydroxylation is 1. The Bertz CT molecular complexity index is 759. The van der Waals surface area contributed by atoms with Crippen molar-refractivity contribution in [3.63, 3.8) is 0 Å². The van der Waals surface area contributed by atoms with Crippen LogP contribution in [0.5, 0.6) is 11.5 Å². The molecule has 0 radical (unpaired) electrons. The Balaban J connectivity index is 1.66. The highest BCUT2D eigenvalue weighted by Gasteiger charge is 2.23. The van der Waals surface area contributed by atoms with E-state index in [9.17, 15) is 4.79 Å². The zero-order chi connectivity index (χ0) is 18.5. The van der Waals surface area contributed by atoms with Gasteiger partial charge in [0.2, 0.25) is 0 Å². The molecule has 1 N–H and O–H groups in total. The number of aromatic nitrogens is 1. The van der Waals surface area contributed by atoms with Crippen LogP contribution in [0.4, 0.5) is 0 Å². The second kappa shape index (κ2) is 8.54. The molecule has 3 rings (SSSR count). The Morgan fingerprint density at radius 1 is 1.31 bits per heavy atom. The van der Waals surface area contributed by atoms with Crippen molar-refractivity contribution in [3.8, 4) is 11.5 Å². The van der Waals surface area contributed by atoms with Crippen molar-refractivity contribution >= 4 is 17.2 Å². The molecule has 1 heterocycles. The number of ether oxygens (including phenoxy) is 2. The van der Waals surface area contributed by atoms with Crippen molar-refractivity contribution in [1.29, 1.82) is 0 Å². The average molecular weight is 375 g/mol. The van der Waals surface area contributed by atoms with Gasteiger partial charge in [-0.3, -0.25) is 4.79 Å². The van der Waals surface area contributed by atoms with Crippen molar-refractivity contribution < 1.29 is 14.3 Å². The summed E-state index contributed by atoms with van der Waals surface area (Å²) in [5.41, 5.74) is 1.49. The maximum absolute atomic E-state index is 12.6. The Labute approximate surface area is 158 Å². The summed E-state index contributed by atoms with van der Waals surface area (Å²) in [4.78, 5) is 17.0. The van der Waals surface area contributed by atoms with Gasteiger partial charge < -0.3 is 14.8 Å². The van der Waals surface area contributed by atoms with E-state index in [-0.39, 0.29) is 11.9 Å². The summed E-state index contributed by atoms with van der Waals surface area (Å²) < 4.78 is 11.2. The molecule has 0 aliphatic heterocycles. The van der Waals surface area contributed by atoms with E-state index in [2.05, 4.69) is 17.2 Å². The first-order valence-electron chi connectivity index (χ1n) is 9.09. The molecule has 2 atom stereocenters. The summed E-state index contributed by atoms with van der Waals surface area (Å²) in [6.45, 7) is 4.56. The van der Waals surface area contributed by atoms with Gasteiger partial charge in [-0.05, 0) is 43.9 Å². The first-order valence-corrected chi connectivity index (χ1v) is 9.97. The standard InChI is InChI=1S/C20H26N2O3S/c1-13-6-4-5-7-17(13)22-20(23)15-8-9-18(19(10-15)24-3)25-11-16-12-26-14(2)21-16/h8-10,12-13,17H,4-7,11H2,1-3H3,(H,22,23)/t13-,17+/m1/s1. The second-order valence-corrected chi connectivity index (χ2v) is 7.92. The largest absolute Gasteiger partial charge is 0.493 e. The molecule has 1 aromatic heterocycles. The van der Waals surface area contributed by atoms with E-state index in [1.807, 2.05) is 12.3 Å². The van der Waals surface area contributed by atoms with Gasteiger partial charge in [0.25, 0.3) is 5.91 Å². The molecule has 140 valence electrons. The van der Waals surface area contributed by atoms with Crippen LogP contribution in [0.3, 0.4) is 0 Å². The lowest BCUT2D eigenvalue weighted by Gasteiger charge is -2.29. The van der Waals surface area contributed by atoms with Crippen LogP contribution in [0, 0.1) is 12.8 Å². The molecule has 26 heavy (non-hydrogen) atoms. The van der Waals surface area contributed by atoms with E-state index in [1.54, 1.807) is 36.6 Å². The zero-order valence-corrected chi connectivity index (χ0v) is 16.4. The third kappa shape index (κ3) is 4.55. The highest BCUT2D eigenvalue weighted by molar-refractivity contribution is 7.09. The van der Waals surface area contributed by atoms with Crippen LogP contribution in [0.25, 0.3) is 0 Å². The number of rotatable bonds is 6. The van der Waals surface area contributed by atoms with Crippen molar-refractivity contribution in [3.05, 3.63) is 39.8 Å². The van der Waals surface area contributed by atoms with Gasteiger partial charge in [-0.1, -0.05) is 19.8 Å². The second-order valence-electron chi connectivity index (χ2n) is 6.85. The smallest absolute Gasteiger partial charge is 0.251 e. The molecular formula is C20H26N2O3S. The highest BCUT2D eigenvalue weighted by atomic mass is 32.1. The molecule has 2 aromatic rings.